The minimum Gasteiger partial charge on any atom is -0.257 e. The lowest BCUT2D eigenvalue weighted by atomic mass is 10.2. The van der Waals surface area contributed by atoms with Crippen molar-refractivity contribution in [1.29, 1.82) is 5.26 Å². The van der Waals surface area contributed by atoms with Gasteiger partial charge in [0.1, 0.15) is 11.8 Å². The lowest BCUT2D eigenvalue weighted by Crippen LogP contribution is -1.92. The number of fused-ring (bicyclic) bond motifs is 1. The predicted octanol–water partition coefficient (Wildman–Crippen LogP) is 2.86. The standard InChI is InChI=1S/C9H5BrClN3/c1-14-7(4-12)8-6(13-14)3-2-5(11)9(8)10/h2-3H,1H3. The first kappa shape index (κ1) is 9.50. The molecule has 70 valence electrons. The molecule has 1 aromatic heterocycles. The highest BCUT2D eigenvalue weighted by Crippen LogP contribution is 2.32. The summed E-state index contributed by atoms with van der Waals surface area (Å²) < 4.78 is 2.27. The highest BCUT2D eigenvalue weighted by molar-refractivity contribution is 9.10. The topological polar surface area (TPSA) is 41.6 Å². The van der Waals surface area contributed by atoms with Gasteiger partial charge in [0, 0.05) is 11.5 Å². The summed E-state index contributed by atoms with van der Waals surface area (Å²) in [5, 5.41) is 14.5. The summed E-state index contributed by atoms with van der Waals surface area (Å²) in [5.41, 5.74) is 1.27. The normalized spacial score (nSPS) is 10.4. The Balaban J connectivity index is 3.00. The lowest BCUT2D eigenvalue weighted by Gasteiger charge is -1.96. The molecule has 0 amide bonds. The molecule has 0 unspecified atom stereocenters. The molecular weight excluding hydrogens is 265 g/mol. The Morgan fingerprint density at radius 1 is 1.57 bits per heavy atom. The van der Waals surface area contributed by atoms with E-state index in [0.29, 0.717) is 10.7 Å². The molecule has 3 nitrogen and oxygen atoms in total. The highest BCUT2D eigenvalue weighted by atomic mass is 79.9. The van der Waals surface area contributed by atoms with Crippen LogP contribution in [0.25, 0.3) is 10.9 Å². The Bertz CT molecular complexity index is 553. The van der Waals surface area contributed by atoms with Gasteiger partial charge in [0.2, 0.25) is 0 Å². The van der Waals surface area contributed by atoms with Crippen molar-refractivity contribution in [2.75, 3.05) is 0 Å². The number of benzene rings is 1. The SMILES string of the molecule is Cn1nc2ccc(Cl)c(Br)c2c1C#N. The predicted molar refractivity (Wildman–Crippen MR) is 58.1 cm³/mol. The second kappa shape index (κ2) is 3.26. The van der Waals surface area contributed by atoms with Gasteiger partial charge in [-0.2, -0.15) is 10.4 Å². The van der Waals surface area contributed by atoms with E-state index in [0.717, 1.165) is 15.4 Å². The fourth-order valence-electron chi connectivity index (χ4n) is 1.35. The van der Waals surface area contributed by atoms with Gasteiger partial charge in [0.25, 0.3) is 0 Å². The Kier molecular flexibility index (Phi) is 2.22. The molecule has 0 fully saturated rings. The minimum absolute atomic E-state index is 0.509. The van der Waals surface area contributed by atoms with Crippen LogP contribution in [0.2, 0.25) is 5.02 Å². The van der Waals surface area contributed by atoms with Gasteiger partial charge >= 0.3 is 0 Å². The Labute approximate surface area is 94.0 Å². The number of nitriles is 1. The molecule has 5 heteroatoms. The van der Waals surface area contributed by atoms with E-state index < -0.39 is 0 Å². The van der Waals surface area contributed by atoms with Crippen molar-refractivity contribution in [3.05, 3.63) is 27.3 Å². The fourth-order valence-corrected chi connectivity index (χ4v) is 2.03. The second-order valence-corrected chi connectivity index (χ2v) is 4.04. The third-order valence-corrected chi connectivity index (χ3v) is 3.36. The summed E-state index contributed by atoms with van der Waals surface area (Å²) in [6.07, 6.45) is 0. The quantitative estimate of drug-likeness (QED) is 0.738. The highest BCUT2D eigenvalue weighted by Gasteiger charge is 2.13. The van der Waals surface area contributed by atoms with Crippen molar-refractivity contribution >= 4 is 38.4 Å². The molecule has 0 aliphatic carbocycles. The van der Waals surface area contributed by atoms with Crippen LogP contribution in [0.15, 0.2) is 16.6 Å². The summed E-state index contributed by atoms with van der Waals surface area (Å²) >= 11 is 9.28. The van der Waals surface area contributed by atoms with Gasteiger partial charge in [0.05, 0.1) is 15.9 Å². The van der Waals surface area contributed by atoms with Crippen molar-refractivity contribution in [3.8, 4) is 6.07 Å². The summed E-state index contributed by atoms with van der Waals surface area (Å²) in [7, 11) is 1.74. The first-order valence-corrected chi connectivity index (χ1v) is 5.03. The summed E-state index contributed by atoms with van der Waals surface area (Å²) in [6, 6.07) is 5.65. The van der Waals surface area contributed by atoms with E-state index >= 15 is 0 Å². The maximum Gasteiger partial charge on any atom is 0.147 e. The Morgan fingerprint density at radius 2 is 2.29 bits per heavy atom. The van der Waals surface area contributed by atoms with Crippen LogP contribution in [-0.2, 0) is 7.05 Å². The van der Waals surface area contributed by atoms with Crippen molar-refractivity contribution in [2.24, 2.45) is 7.05 Å². The van der Waals surface area contributed by atoms with E-state index in [1.807, 2.05) is 0 Å². The number of rotatable bonds is 0. The maximum absolute atomic E-state index is 8.95. The Morgan fingerprint density at radius 3 is 2.93 bits per heavy atom. The van der Waals surface area contributed by atoms with E-state index in [1.165, 1.54) is 0 Å². The van der Waals surface area contributed by atoms with Crippen LogP contribution in [-0.4, -0.2) is 9.78 Å². The van der Waals surface area contributed by atoms with Gasteiger partial charge in [-0.15, -0.1) is 0 Å². The third kappa shape index (κ3) is 1.21. The molecule has 1 heterocycles. The van der Waals surface area contributed by atoms with Gasteiger partial charge in [-0.05, 0) is 28.1 Å². The number of hydrogen-bond donors (Lipinski definition) is 0. The second-order valence-electron chi connectivity index (χ2n) is 2.84. The average Bonchev–Trinajstić information content (AvgIpc) is 2.48. The number of aryl methyl sites for hydroxylation is 1. The first-order valence-electron chi connectivity index (χ1n) is 3.86. The monoisotopic (exact) mass is 269 g/mol. The maximum atomic E-state index is 8.95. The zero-order valence-electron chi connectivity index (χ0n) is 7.25. The molecule has 0 aliphatic heterocycles. The van der Waals surface area contributed by atoms with Crippen LogP contribution >= 0.6 is 27.5 Å². The van der Waals surface area contributed by atoms with Gasteiger partial charge in [-0.25, -0.2) is 0 Å². The van der Waals surface area contributed by atoms with Crippen LogP contribution in [0.4, 0.5) is 0 Å². The van der Waals surface area contributed by atoms with Crippen molar-refractivity contribution in [2.45, 2.75) is 0 Å². The van der Waals surface area contributed by atoms with Gasteiger partial charge in [-0.1, -0.05) is 11.6 Å². The molecule has 0 aliphatic rings. The summed E-state index contributed by atoms with van der Waals surface area (Å²) in [6.45, 7) is 0. The van der Waals surface area contributed by atoms with Crippen LogP contribution in [0.3, 0.4) is 0 Å². The lowest BCUT2D eigenvalue weighted by molar-refractivity contribution is 0.767. The molecule has 0 N–H and O–H groups in total. The molecule has 1 aromatic carbocycles. The fraction of sp³-hybridized carbons (Fsp3) is 0.111. The van der Waals surface area contributed by atoms with Crippen molar-refractivity contribution < 1.29 is 0 Å². The number of nitrogens with zero attached hydrogens (tertiary/aromatic N) is 3. The minimum atomic E-state index is 0.509. The number of hydrogen-bond acceptors (Lipinski definition) is 2. The van der Waals surface area contributed by atoms with E-state index in [4.69, 9.17) is 16.9 Å². The molecule has 0 saturated heterocycles. The van der Waals surface area contributed by atoms with Crippen LogP contribution in [0, 0.1) is 11.3 Å². The number of halogens is 2. The number of aromatic nitrogens is 2. The van der Waals surface area contributed by atoms with E-state index in [2.05, 4.69) is 27.1 Å². The van der Waals surface area contributed by atoms with E-state index in [1.54, 1.807) is 23.9 Å². The molecule has 0 spiro atoms. The van der Waals surface area contributed by atoms with E-state index in [-0.39, 0.29) is 0 Å². The molecule has 0 atom stereocenters. The molecule has 2 aromatic rings. The largest absolute Gasteiger partial charge is 0.257 e. The van der Waals surface area contributed by atoms with Crippen LogP contribution in [0.5, 0.6) is 0 Å². The Hall–Kier alpha value is -1.05. The molecule has 0 bridgehead atoms. The van der Waals surface area contributed by atoms with Crippen molar-refractivity contribution in [1.82, 2.24) is 9.78 Å². The molecular formula is C9H5BrClN3. The molecule has 0 saturated carbocycles. The van der Waals surface area contributed by atoms with E-state index in [9.17, 15) is 0 Å². The van der Waals surface area contributed by atoms with Crippen molar-refractivity contribution in [3.63, 3.8) is 0 Å². The van der Waals surface area contributed by atoms with Gasteiger partial charge in [0.15, 0.2) is 0 Å². The van der Waals surface area contributed by atoms with Crippen LogP contribution < -0.4 is 0 Å². The summed E-state index contributed by atoms with van der Waals surface area (Å²) in [4.78, 5) is 0. The van der Waals surface area contributed by atoms with Crippen LogP contribution in [0.1, 0.15) is 5.69 Å². The van der Waals surface area contributed by atoms with Gasteiger partial charge < -0.3 is 0 Å². The summed E-state index contributed by atoms with van der Waals surface area (Å²) in [5.74, 6) is 0. The molecule has 2 rings (SSSR count). The molecule has 0 radical (unpaired) electrons. The zero-order chi connectivity index (χ0) is 10.3. The zero-order valence-corrected chi connectivity index (χ0v) is 9.59. The first-order chi connectivity index (χ1) is 6.65. The average molecular weight is 271 g/mol. The smallest absolute Gasteiger partial charge is 0.147 e. The third-order valence-electron chi connectivity index (χ3n) is 2.00. The van der Waals surface area contributed by atoms with Gasteiger partial charge in [-0.3, -0.25) is 4.68 Å². The molecule has 14 heavy (non-hydrogen) atoms.